The Kier molecular flexibility index (Phi) is 5.85. The highest BCUT2D eigenvalue weighted by molar-refractivity contribution is 6.06. The highest BCUT2D eigenvalue weighted by Crippen LogP contribution is 2.29. The predicted molar refractivity (Wildman–Crippen MR) is 115 cm³/mol. The Hall–Kier alpha value is -3.93. The van der Waals surface area contributed by atoms with Crippen LogP contribution >= 0.6 is 0 Å². The van der Waals surface area contributed by atoms with Gasteiger partial charge in [-0.05, 0) is 36.8 Å². The average molecular weight is 399 g/mol. The van der Waals surface area contributed by atoms with Crippen molar-refractivity contribution in [2.24, 2.45) is 0 Å². The quantitative estimate of drug-likeness (QED) is 0.447. The molecule has 4 aromatic rings. The van der Waals surface area contributed by atoms with Crippen molar-refractivity contribution in [3.05, 3.63) is 84.4 Å². The van der Waals surface area contributed by atoms with Gasteiger partial charge in [-0.15, -0.1) is 0 Å². The number of para-hydroxylation sites is 1. The molecule has 0 fully saturated rings. The van der Waals surface area contributed by atoms with Gasteiger partial charge in [0, 0.05) is 11.1 Å². The van der Waals surface area contributed by atoms with Crippen LogP contribution in [-0.2, 0) is 0 Å². The molecule has 0 aliphatic heterocycles. The van der Waals surface area contributed by atoms with Gasteiger partial charge in [0.15, 0.2) is 0 Å². The summed E-state index contributed by atoms with van der Waals surface area (Å²) in [6.45, 7) is 2.64. The van der Waals surface area contributed by atoms with Crippen molar-refractivity contribution >= 4 is 11.6 Å². The molecule has 0 atom stereocenters. The van der Waals surface area contributed by atoms with Crippen molar-refractivity contribution in [2.45, 2.75) is 13.3 Å². The molecule has 1 aromatic heterocycles. The Labute approximate surface area is 174 Å². The number of rotatable bonds is 7. The summed E-state index contributed by atoms with van der Waals surface area (Å²) < 4.78 is 11.1. The second-order valence-electron chi connectivity index (χ2n) is 6.67. The van der Waals surface area contributed by atoms with Gasteiger partial charge < -0.3 is 14.6 Å². The van der Waals surface area contributed by atoms with Gasteiger partial charge in [0.1, 0.15) is 5.75 Å². The molecule has 150 valence electrons. The topological polar surface area (TPSA) is 77.2 Å². The first-order valence-corrected chi connectivity index (χ1v) is 9.77. The maximum atomic E-state index is 12.8. The van der Waals surface area contributed by atoms with E-state index in [1.54, 1.807) is 24.3 Å². The minimum Gasteiger partial charge on any atom is -0.494 e. The van der Waals surface area contributed by atoms with E-state index in [0.717, 1.165) is 12.0 Å². The Morgan fingerprint density at radius 3 is 2.63 bits per heavy atom. The van der Waals surface area contributed by atoms with E-state index in [-0.39, 0.29) is 5.91 Å². The number of hydrogen-bond donors (Lipinski definition) is 1. The van der Waals surface area contributed by atoms with E-state index in [4.69, 9.17) is 9.26 Å². The molecular weight excluding hydrogens is 378 g/mol. The molecule has 6 nitrogen and oxygen atoms in total. The molecule has 1 N–H and O–H groups in total. The highest BCUT2D eigenvalue weighted by atomic mass is 16.5. The lowest BCUT2D eigenvalue weighted by atomic mass is 10.1. The number of nitrogens with zero attached hydrogens (tertiary/aromatic N) is 2. The van der Waals surface area contributed by atoms with E-state index in [9.17, 15) is 4.79 Å². The van der Waals surface area contributed by atoms with Crippen LogP contribution in [0.25, 0.3) is 22.8 Å². The average Bonchev–Trinajstić information content (AvgIpc) is 3.29. The minimum absolute atomic E-state index is 0.243. The van der Waals surface area contributed by atoms with Gasteiger partial charge in [0.25, 0.3) is 11.8 Å². The van der Waals surface area contributed by atoms with Gasteiger partial charge in [-0.1, -0.05) is 60.6 Å². The Bertz CT molecular complexity index is 1140. The van der Waals surface area contributed by atoms with E-state index < -0.39 is 0 Å². The first-order valence-electron chi connectivity index (χ1n) is 9.77. The molecular formula is C24H21N3O3. The minimum atomic E-state index is -0.243. The summed E-state index contributed by atoms with van der Waals surface area (Å²) in [6, 6.07) is 24.0. The summed E-state index contributed by atoms with van der Waals surface area (Å²) in [5.41, 5.74) is 2.61. The van der Waals surface area contributed by atoms with Crippen molar-refractivity contribution in [3.8, 4) is 28.6 Å². The molecule has 4 rings (SSSR count). The zero-order valence-corrected chi connectivity index (χ0v) is 16.5. The van der Waals surface area contributed by atoms with E-state index in [2.05, 4.69) is 15.5 Å². The number of aromatic nitrogens is 2. The van der Waals surface area contributed by atoms with Gasteiger partial charge in [-0.25, -0.2) is 0 Å². The maximum absolute atomic E-state index is 12.8. The standard InChI is InChI=1S/C24H21N3O3/c1-2-15-29-19-12-8-11-18(16-19)23(28)25-21-14-7-6-13-20(21)24-26-22(27-30-24)17-9-4-3-5-10-17/h3-14,16H,2,15H2,1H3,(H,25,28). The molecule has 6 heteroatoms. The van der Waals surface area contributed by atoms with Crippen molar-refractivity contribution < 1.29 is 14.1 Å². The molecule has 0 aliphatic carbocycles. The predicted octanol–water partition coefficient (Wildman–Crippen LogP) is 5.44. The molecule has 30 heavy (non-hydrogen) atoms. The molecule has 0 saturated carbocycles. The number of hydrogen-bond acceptors (Lipinski definition) is 5. The fraction of sp³-hybridized carbons (Fsp3) is 0.125. The SMILES string of the molecule is CCCOc1cccc(C(=O)Nc2ccccc2-c2nc(-c3ccccc3)no2)c1. The summed E-state index contributed by atoms with van der Waals surface area (Å²) >= 11 is 0. The van der Waals surface area contributed by atoms with Gasteiger partial charge in [0.05, 0.1) is 17.9 Å². The third-order valence-electron chi connectivity index (χ3n) is 4.43. The number of carbonyl (C=O) groups is 1. The molecule has 1 amide bonds. The molecule has 0 radical (unpaired) electrons. The largest absolute Gasteiger partial charge is 0.494 e. The summed E-state index contributed by atoms with van der Waals surface area (Å²) in [5.74, 6) is 1.26. The molecule has 0 saturated heterocycles. The number of carbonyl (C=O) groups excluding carboxylic acids is 1. The summed E-state index contributed by atoms with van der Waals surface area (Å²) in [7, 11) is 0. The smallest absolute Gasteiger partial charge is 0.260 e. The Morgan fingerprint density at radius 2 is 1.80 bits per heavy atom. The van der Waals surface area contributed by atoms with Crippen molar-refractivity contribution in [3.63, 3.8) is 0 Å². The van der Waals surface area contributed by atoms with Crippen LogP contribution in [0.3, 0.4) is 0 Å². The Balaban J connectivity index is 1.57. The van der Waals surface area contributed by atoms with Crippen LogP contribution < -0.4 is 10.1 Å². The third-order valence-corrected chi connectivity index (χ3v) is 4.43. The first-order chi connectivity index (χ1) is 14.7. The van der Waals surface area contributed by atoms with Crippen LogP contribution in [0.4, 0.5) is 5.69 Å². The Morgan fingerprint density at radius 1 is 1.00 bits per heavy atom. The number of amides is 1. The van der Waals surface area contributed by atoms with Crippen LogP contribution in [0, 0.1) is 0 Å². The summed E-state index contributed by atoms with van der Waals surface area (Å²) in [5, 5.41) is 7.00. The lowest BCUT2D eigenvalue weighted by molar-refractivity contribution is 0.102. The molecule has 0 aliphatic rings. The van der Waals surface area contributed by atoms with Crippen LogP contribution in [-0.4, -0.2) is 22.7 Å². The molecule has 0 bridgehead atoms. The number of anilines is 1. The number of benzene rings is 3. The lowest BCUT2D eigenvalue weighted by Gasteiger charge is -2.10. The maximum Gasteiger partial charge on any atom is 0.260 e. The summed E-state index contributed by atoms with van der Waals surface area (Å²) in [6.07, 6.45) is 0.902. The number of nitrogens with one attached hydrogen (secondary N) is 1. The van der Waals surface area contributed by atoms with E-state index in [1.165, 1.54) is 0 Å². The molecule has 3 aromatic carbocycles. The van der Waals surface area contributed by atoms with Crippen molar-refractivity contribution in [1.82, 2.24) is 10.1 Å². The van der Waals surface area contributed by atoms with Crippen LogP contribution in [0.2, 0.25) is 0 Å². The van der Waals surface area contributed by atoms with Gasteiger partial charge >= 0.3 is 0 Å². The molecule has 0 spiro atoms. The third kappa shape index (κ3) is 4.38. The van der Waals surface area contributed by atoms with Crippen molar-refractivity contribution in [2.75, 3.05) is 11.9 Å². The van der Waals surface area contributed by atoms with Gasteiger partial charge in [0.2, 0.25) is 5.82 Å². The van der Waals surface area contributed by atoms with Crippen molar-refractivity contribution in [1.29, 1.82) is 0 Å². The second kappa shape index (κ2) is 9.05. The van der Waals surface area contributed by atoms with Crippen LogP contribution in [0.1, 0.15) is 23.7 Å². The van der Waals surface area contributed by atoms with E-state index >= 15 is 0 Å². The molecule has 0 unspecified atom stereocenters. The fourth-order valence-corrected chi connectivity index (χ4v) is 2.96. The molecule has 1 heterocycles. The van der Waals surface area contributed by atoms with Crippen LogP contribution in [0.5, 0.6) is 5.75 Å². The fourth-order valence-electron chi connectivity index (χ4n) is 2.96. The van der Waals surface area contributed by atoms with E-state index in [1.807, 2.05) is 61.5 Å². The lowest BCUT2D eigenvalue weighted by Crippen LogP contribution is -2.12. The van der Waals surface area contributed by atoms with Crippen LogP contribution in [0.15, 0.2) is 83.4 Å². The monoisotopic (exact) mass is 399 g/mol. The zero-order chi connectivity index (χ0) is 20.8. The normalized spacial score (nSPS) is 10.6. The van der Waals surface area contributed by atoms with Gasteiger partial charge in [-0.2, -0.15) is 4.98 Å². The zero-order valence-electron chi connectivity index (χ0n) is 16.5. The second-order valence-corrected chi connectivity index (χ2v) is 6.67. The van der Waals surface area contributed by atoms with E-state index in [0.29, 0.717) is 40.9 Å². The number of ether oxygens (including phenoxy) is 1. The summed E-state index contributed by atoms with van der Waals surface area (Å²) in [4.78, 5) is 17.3. The first kappa shape index (κ1) is 19.4. The highest BCUT2D eigenvalue weighted by Gasteiger charge is 2.16. The van der Waals surface area contributed by atoms with Gasteiger partial charge in [-0.3, -0.25) is 4.79 Å².